The molecule has 0 aromatic carbocycles. The van der Waals surface area contributed by atoms with Gasteiger partial charge in [-0.05, 0) is 13.8 Å². The van der Waals surface area contributed by atoms with Crippen molar-refractivity contribution in [3.8, 4) is 0 Å². The van der Waals surface area contributed by atoms with E-state index in [-0.39, 0.29) is 6.04 Å². The Hall–Kier alpha value is -0.240. The molecule has 1 saturated heterocycles. The third-order valence-corrected chi connectivity index (χ3v) is 2.32. The van der Waals surface area contributed by atoms with Gasteiger partial charge >= 0.3 is 0 Å². The average Bonchev–Trinajstić information content (AvgIpc) is 2.11. The fourth-order valence-electron chi connectivity index (χ4n) is 1.48. The Bertz CT molecular complexity index is 177. The quantitative estimate of drug-likeness (QED) is 0.338. The van der Waals surface area contributed by atoms with Gasteiger partial charge in [0, 0.05) is 12.6 Å². The predicted molar refractivity (Wildman–Crippen MR) is 51.1 cm³/mol. The van der Waals surface area contributed by atoms with Crippen molar-refractivity contribution in [2.75, 3.05) is 6.61 Å². The summed E-state index contributed by atoms with van der Waals surface area (Å²) in [5.74, 6) is 0. The number of nitrogens with one attached hydrogen (secondary N) is 2. The van der Waals surface area contributed by atoms with Crippen LogP contribution in [0, 0.1) is 0 Å². The second-order valence-electron chi connectivity index (χ2n) is 3.46. The van der Waals surface area contributed by atoms with E-state index in [4.69, 9.17) is 10.5 Å². The summed E-state index contributed by atoms with van der Waals surface area (Å²) < 4.78 is 5.03. The number of hydrogen-bond acceptors (Lipinski definition) is 6. The van der Waals surface area contributed by atoms with Crippen LogP contribution in [0.4, 0.5) is 0 Å². The summed E-state index contributed by atoms with van der Waals surface area (Å²) in [5.41, 5.74) is 5.69. The van der Waals surface area contributed by atoms with E-state index in [9.17, 15) is 10.2 Å². The lowest BCUT2D eigenvalue weighted by molar-refractivity contribution is -0.136. The molecular formula is C8H19N3O3. The van der Waals surface area contributed by atoms with E-state index in [1.807, 2.05) is 0 Å². The van der Waals surface area contributed by atoms with E-state index < -0.39 is 24.7 Å². The summed E-state index contributed by atoms with van der Waals surface area (Å²) in [5, 5.41) is 24.7. The second-order valence-corrected chi connectivity index (χ2v) is 3.46. The van der Waals surface area contributed by atoms with Crippen molar-refractivity contribution in [3.63, 3.8) is 0 Å². The fraction of sp³-hybridized carbons (Fsp3) is 1.00. The van der Waals surface area contributed by atoms with Crippen molar-refractivity contribution in [2.45, 2.75) is 44.6 Å². The number of piperazine rings is 1. The standard InChI is InChI=1S/C8H19N3O3/c1-3-14-8(13)5-6(9)11-7(12)4(2)10-5/h4-8,10-13H,3,9H2,1-2H3. The molecule has 0 spiro atoms. The van der Waals surface area contributed by atoms with Crippen LogP contribution in [-0.4, -0.2) is 47.6 Å². The molecule has 1 aliphatic rings. The van der Waals surface area contributed by atoms with Crippen LogP contribution < -0.4 is 16.4 Å². The highest BCUT2D eigenvalue weighted by Gasteiger charge is 2.35. The third-order valence-electron chi connectivity index (χ3n) is 2.32. The number of hydrogen-bond donors (Lipinski definition) is 5. The first-order valence-corrected chi connectivity index (χ1v) is 4.81. The zero-order chi connectivity index (χ0) is 10.7. The maximum absolute atomic E-state index is 9.56. The van der Waals surface area contributed by atoms with Crippen molar-refractivity contribution < 1.29 is 14.9 Å². The van der Waals surface area contributed by atoms with Crippen LogP contribution in [0.1, 0.15) is 13.8 Å². The van der Waals surface area contributed by atoms with Gasteiger partial charge in [-0.15, -0.1) is 0 Å². The molecule has 0 amide bonds. The second kappa shape index (κ2) is 5.01. The molecule has 0 bridgehead atoms. The summed E-state index contributed by atoms with van der Waals surface area (Å²) in [4.78, 5) is 0. The highest BCUT2D eigenvalue weighted by atomic mass is 16.6. The Labute approximate surface area is 83.4 Å². The van der Waals surface area contributed by atoms with Crippen LogP contribution in [0.2, 0.25) is 0 Å². The van der Waals surface area contributed by atoms with Gasteiger partial charge in [0.2, 0.25) is 0 Å². The topological polar surface area (TPSA) is 99.8 Å². The largest absolute Gasteiger partial charge is 0.377 e. The van der Waals surface area contributed by atoms with E-state index >= 15 is 0 Å². The van der Waals surface area contributed by atoms with Gasteiger partial charge in [-0.25, -0.2) is 0 Å². The Morgan fingerprint density at radius 1 is 1.50 bits per heavy atom. The van der Waals surface area contributed by atoms with Crippen molar-refractivity contribution in [1.29, 1.82) is 0 Å². The summed E-state index contributed by atoms with van der Waals surface area (Å²) >= 11 is 0. The molecule has 0 saturated carbocycles. The van der Waals surface area contributed by atoms with E-state index in [0.717, 1.165) is 0 Å². The lowest BCUT2D eigenvalue weighted by Crippen LogP contribution is -2.71. The van der Waals surface area contributed by atoms with Crippen LogP contribution in [-0.2, 0) is 4.74 Å². The van der Waals surface area contributed by atoms with E-state index in [2.05, 4.69) is 10.6 Å². The van der Waals surface area contributed by atoms with Crippen molar-refractivity contribution in [1.82, 2.24) is 10.6 Å². The number of rotatable bonds is 3. The first kappa shape index (κ1) is 11.8. The van der Waals surface area contributed by atoms with Crippen LogP contribution >= 0.6 is 0 Å². The smallest absolute Gasteiger partial charge is 0.172 e. The van der Waals surface area contributed by atoms with Gasteiger partial charge < -0.3 is 26.0 Å². The van der Waals surface area contributed by atoms with Crippen LogP contribution in [0.25, 0.3) is 0 Å². The van der Waals surface area contributed by atoms with Gasteiger partial charge in [-0.2, -0.15) is 0 Å². The molecule has 0 aromatic rings. The Balaban J connectivity index is 2.52. The molecule has 1 heterocycles. The summed E-state index contributed by atoms with van der Waals surface area (Å²) in [6, 6.07) is -0.580. The zero-order valence-corrected chi connectivity index (χ0v) is 8.47. The van der Waals surface area contributed by atoms with Crippen LogP contribution in [0.15, 0.2) is 0 Å². The molecule has 5 atom stereocenters. The van der Waals surface area contributed by atoms with Crippen molar-refractivity contribution in [2.24, 2.45) is 5.73 Å². The first-order chi connectivity index (χ1) is 6.56. The summed E-state index contributed by atoms with van der Waals surface area (Å²) in [6.45, 7) is 4.02. The summed E-state index contributed by atoms with van der Waals surface area (Å²) in [6.07, 6.45) is -2.18. The highest BCUT2D eigenvalue weighted by molar-refractivity contribution is 4.90. The molecule has 5 unspecified atom stereocenters. The van der Waals surface area contributed by atoms with Gasteiger partial charge in [0.25, 0.3) is 0 Å². The summed E-state index contributed by atoms with van der Waals surface area (Å²) in [7, 11) is 0. The molecule has 1 aliphatic heterocycles. The monoisotopic (exact) mass is 205 g/mol. The molecule has 6 nitrogen and oxygen atoms in total. The van der Waals surface area contributed by atoms with Crippen molar-refractivity contribution in [3.05, 3.63) is 0 Å². The van der Waals surface area contributed by atoms with Crippen LogP contribution in [0.3, 0.4) is 0 Å². The van der Waals surface area contributed by atoms with Crippen LogP contribution in [0.5, 0.6) is 0 Å². The molecule has 6 N–H and O–H groups in total. The van der Waals surface area contributed by atoms with Gasteiger partial charge in [0.15, 0.2) is 6.29 Å². The predicted octanol–water partition coefficient (Wildman–Crippen LogP) is -2.11. The maximum Gasteiger partial charge on any atom is 0.172 e. The highest BCUT2D eigenvalue weighted by Crippen LogP contribution is 2.07. The normalized spacial score (nSPS) is 40.9. The van der Waals surface area contributed by atoms with E-state index in [0.29, 0.717) is 6.61 Å². The Morgan fingerprint density at radius 3 is 2.71 bits per heavy atom. The number of nitrogens with two attached hydrogens (primary N) is 1. The molecular weight excluding hydrogens is 186 g/mol. The molecule has 6 heteroatoms. The molecule has 84 valence electrons. The Kier molecular flexibility index (Phi) is 4.24. The zero-order valence-electron chi connectivity index (χ0n) is 8.47. The first-order valence-electron chi connectivity index (χ1n) is 4.81. The van der Waals surface area contributed by atoms with Gasteiger partial charge in [-0.1, -0.05) is 0 Å². The average molecular weight is 205 g/mol. The van der Waals surface area contributed by atoms with Gasteiger partial charge in [-0.3, -0.25) is 5.32 Å². The van der Waals surface area contributed by atoms with E-state index in [1.54, 1.807) is 13.8 Å². The molecule has 14 heavy (non-hydrogen) atoms. The Morgan fingerprint density at radius 2 is 2.14 bits per heavy atom. The van der Waals surface area contributed by atoms with Gasteiger partial charge in [0.05, 0.1) is 12.2 Å². The number of aliphatic hydroxyl groups excluding tert-OH is 2. The van der Waals surface area contributed by atoms with Crippen molar-refractivity contribution >= 4 is 0 Å². The minimum Gasteiger partial charge on any atom is -0.377 e. The molecule has 0 aliphatic carbocycles. The number of ether oxygens (including phenoxy) is 1. The lowest BCUT2D eigenvalue weighted by atomic mass is 10.1. The SMILES string of the molecule is CCOC(O)C1NC(C)C(O)NC1N. The molecule has 1 rings (SSSR count). The minimum atomic E-state index is -0.961. The third kappa shape index (κ3) is 2.63. The maximum atomic E-state index is 9.56. The fourth-order valence-corrected chi connectivity index (χ4v) is 1.48. The minimum absolute atomic E-state index is 0.171. The van der Waals surface area contributed by atoms with E-state index in [1.165, 1.54) is 0 Å². The molecule has 0 radical (unpaired) electrons. The molecule has 0 aromatic heterocycles. The molecule has 1 fully saturated rings. The van der Waals surface area contributed by atoms with Gasteiger partial charge in [0.1, 0.15) is 6.23 Å². The lowest BCUT2D eigenvalue weighted by Gasteiger charge is -2.40. The number of aliphatic hydroxyl groups is 2.